The van der Waals surface area contributed by atoms with Crippen LogP contribution >= 0.6 is 12.4 Å². The average molecular weight is 313 g/mol. The van der Waals surface area contributed by atoms with Crippen LogP contribution in [0.5, 0.6) is 0 Å². The van der Waals surface area contributed by atoms with E-state index in [1.165, 1.54) is 20.0 Å². The summed E-state index contributed by atoms with van der Waals surface area (Å²) >= 11 is 0. The van der Waals surface area contributed by atoms with Gasteiger partial charge in [-0.1, -0.05) is 30.3 Å². The van der Waals surface area contributed by atoms with E-state index in [-0.39, 0.29) is 24.4 Å². The third-order valence-electron chi connectivity index (χ3n) is 3.88. The Bertz CT molecular complexity index is 408. The fraction of sp³-hybridized carbons (Fsp3) is 0.562. The zero-order valence-electron chi connectivity index (χ0n) is 12.5. The summed E-state index contributed by atoms with van der Waals surface area (Å²) in [6, 6.07) is 9.81. The maximum absolute atomic E-state index is 11.9. The number of hydrogen-bond acceptors (Lipinski definition) is 4. The topological polar surface area (TPSA) is 50.4 Å². The van der Waals surface area contributed by atoms with Crippen molar-refractivity contribution in [2.24, 2.45) is 5.92 Å². The van der Waals surface area contributed by atoms with Gasteiger partial charge in [0.2, 0.25) is 0 Å². The SMILES string of the molecule is COC(=O)C(Cc1ccccc1)NCC1CCNCC1.Cl. The molecular weight excluding hydrogens is 288 g/mol. The van der Waals surface area contributed by atoms with Gasteiger partial charge in [0.1, 0.15) is 6.04 Å². The van der Waals surface area contributed by atoms with E-state index in [9.17, 15) is 4.79 Å². The molecule has 1 unspecified atom stereocenters. The lowest BCUT2D eigenvalue weighted by atomic mass is 9.97. The first-order valence-electron chi connectivity index (χ1n) is 7.35. The minimum atomic E-state index is -0.253. The Morgan fingerprint density at radius 1 is 1.33 bits per heavy atom. The highest BCUT2D eigenvalue weighted by atomic mass is 35.5. The summed E-state index contributed by atoms with van der Waals surface area (Å²) in [6.07, 6.45) is 3.02. The Kier molecular flexibility index (Phi) is 8.35. The van der Waals surface area contributed by atoms with Crippen LogP contribution < -0.4 is 10.6 Å². The number of hydrogen-bond donors (Lipinski definition) is 2. The molecular formula is C16H25ClN2O2. The van der Waals surface area contributed by atoms with Gasteiger partial charge >= 0.3 is 5.97 Å². The predicted molar refractivity (Wildman–Crippen MR) is 86.8 cm³/mol. The fourth-order valence-corrected chi connectivity index (χ4v) is 2.63. The Labute approximate surface area is 133 Å². The average Bonchev–Trinajstić information content (AvgIpc) is 2.52. The maximum atomic E-state index is 11.9. The number of carbonyl (C=O) groups excluding carboxylic acids is 1. The molecule has 0 saturated carbocycles. The second-order valence-corrected chi connectivity index (χ2v) is 5.37. The molecule has 0 aliphatic carbocycles. The van der Waals surface area contributed by atoms with E-state index in [4.69, 9.17) is 4.74 Å². The van der Waals surface area contributed by atoms with Crippen molar-refractivity contribution in [2.75, 3.05) is 26.7 Å². The number of nitrogens with one attached hydrogen (secondary N) is 2. The molecule has 0 spiro atoms. The molecule has 1 aliphatic heterocycles. The molecule has 1 fully saturated rings. The normalized spacial score (nSPS) is 16.8. The number of methoxy groups -OCH3 is 1. The summed E-state index contributed by atoms with van der Waals surface area (Å²) in [6.45, 7) is 3.04. The first-order chi connectivity index (χ1) is 9.79. The molecule has 1 atom stereocenters. The molecule has 21 heavy (non-hydrogen) atoms. The zero-order valence-corrected chi connectivity index (χ0v) is 13.3. The second kappa shape index (κ2) is 9.77. The van der Waals surface area contributed by atoms with Crippen LogP contribution in [0.1, 0.15) is 18.4 Å². The number of carbonyl (C=O) groups is 1. The van der Waals surface area contributed by atoms with Crippen molar-refractivity contribution in [3.05, 3.63) is 35.9 Å². The van der Waals surface area contributed by atoms with Crippen molar-refractivity contribution in [3.63, 3.8) is 0 Å². The molecule has 1 aromatic rings. The van der Waals surface area contributed by atoms with Crippen LogP contribution in [0.2, 0.25) is 0 Å². The Morgan fingerprint density at radius 2 is 2.00 bits per heavy atom. The van der Waals surface area contributed by atoms with Crippen LogP contribution in [0.3, 0.4) is 0 Å². The van der Waals surface area contributed by atoms with E-state index < -0.39 is 0 Å². The van der Waals surface area contributed by atoms with E-state index in [2.05, 4.69) is 10.6 Å². The number of rotatable bonds is 6. The van der Waals surface area contributed by atoms with E-state index in [0.717, 1.165) is 25.2 Å². The molecule has 0 bridgehead atoms. The summed E-state index contributed by atoms with van der Waals surface area (Å²) in [5.41, 5.74) is 1.15. The van der Waals surface area contributed by atoms with E-state index >= 15 is 0 Å². The maximum Gasteiger partial charge on any atom is 0.323 e. The van der Waals surface area contributed by atoms with Gasteiger partial charge in [-0.2, -0.15) is 0 Å². The van der Waals surface area contributed by atoms with Gasteiger partial charge in [0.05, 0.1) is 7.11 Å². The molecule has 1 saturated heterocycles. The molecule has 0 aromatic heterocycles. The molecule has 2 N–H and O–H groups in total. The standard InChI is InChI=1S/C16H24N2O2.ClH/c1-20-16(19)15(11-13-5-3-2-4-6-13)18-12-14-7-9-17-10-8-14;/h2-6,14-15,17-18H,7-12H2,1H3;1H. The number of benzene rings is 1. The van der Waals surface area contributed by atoms with Gasteiger partial charge in [0.15, 0.2) is 0 Å². The Morgan fingerprint density at radius 3 is 2.62 bits per heavy atom. The molecule has 5 heteroatoms. The van der Waals surface area contributed by atoms with Crippen molar-refractivity contribution < 1.29 is 9.53 Å². The molecule has 1 heterocycles. The van der Waals surface area contributed by atoms with Crippen molar-refractivity contribution in [2.45, 2.75) is 25.3 Å². The largest absolute Gasteiger partial charge is 0.468 e. The van der Waals surface area contributed by atoms with Crippen LogP contribution in [0.15, 0.2) is 30.3 Å². The summed E-state index contributed by atoms with van der Waals surface area (Å²) in [5.74, 6) is 0.474. The van der Waals surface area contributed by atoms with Crippen molar-refractivity contribution in [3.8, 4) is 0 Å². The van der Waals surface area contributed by atoms with Crippen LogP contribution in [0.25, 0.3) is 0 Å². The number of piperidine rings is 1. The third-order valence-corrected chi connectivity index (χ3v) is 3.88. The number of halogens is 1. The lowest BCUT2D eigenvalue weighted by molar-refractivity contribution is -0.143. The summed E-state index contributed by atoms with van der Waals surface area (Å²) in [5, 5.41) is 6.74. The minimum absolute atomic E-state index is 0. The smallest absolute Gasteiger partial charge is 0.323 e. The van der Waals surface area contributed by atoms with E-state index in [0.29, 0.717) is 12.3 Å². The van der Waals surface area contributed by atoms with Gasteiger partial charge < -0.3 is 15.4 Å². The predicted octanol–water partition coefficient (Wildman–Crippen LogP) is 1.78. The van der Waals surface area contributed by atoms with Gasteiger partial charge in [-0.15, -0.1) is 12.4 Å². The third kappa shape index (κ3) is 6.04. The highest BCUT2D eigenvalue weighted by Gasteiger charge is 2.21. The first-order valence-corrected chi connectivity index (χ1v) is 7.35. The molecule has 2 rings (SSSR count). The highest BCUT2D eigenvalue weighted by Crippen LogP contribution is 2.11. The fourth-order valence-electron chi connectivity index (χ4n) is 2.63. The van der Waals surface area contributed by atoms with Crippen molar-refractivity contribution in [1.29, 1.82) is 0 Å². The minimum Gasteiger partial charge on any atom is -0.468 e. The number of esters is 1. The van der Waals surface area contributed by atoms with Crippen molar-refractivity contribution >= 4 is 18.4 Å². The summed E-state index contributed by atoms with van der Waals surface area (Å²) in [7, 11) is 1.45. The molecule has 1 aromatic carbocycles. The first kappa shape index (κ1) is 18.0. The monoisotopic (exact) mass is 312 g/mol. The zero-order chi connectivity index (χ0) is 14.2. The van der Waals surface area contributed by atoms with Gasteiger partial charge in [-0.25, -0.2) is 0 Å². The highest BCUT2D eigenvalue weighted by molar-refractivity contribution is 5.85. The molecule has 4 nitrogen and oxygen atoms in total. The van der Waals surface area contributed by atoms with Gasteiger partial charge in [0.25, 0.3) is 0 Å². The Hall–Kier alpha value is -1.10. The summed E-state index contributed by atoms with van der Waals surface area (Å²) in [4.78, 5) is 11.9. The molecule has 0 radical (unpaired) electrons. The van der Waals surface area contributed by atoms with Crippen LogP contribution in [-0.4, -0.2) is 38.8 Å². The van der Waals surface area contributed by atoms with E-state index in [1.807, 2.05) is 30.3 Å². The lowest BCUT2D eigenvalue weighted by Gasteiger charge is -2.25. The van der Waals surface area contributed by atoms with Crippen LogP contribution in [-0.2, 0) is 16.0 Å². The molecule has 0 amide bonds. The molecule has 118 valence electrons. The number of ether oxygens (including phenoxy) is 1. The summed E-state index contributed by atoms with van der Waals surface area (Å²) < 4.78 is 4.91. The van der Waals surface area contributed by atoms with Crippen molar-refractivity contribution in [1.82, 2.24) is 10.6 Å². The van der Waals surface area contributed by atoms with Gasteiger partial charge in [0, 0.05) is 0 Å². The van der Waals surface area contributed by atoms with Crippen LogP contribution in [0.4, 0.5) is 0 Å². The molecule has 1 aliphatic rings. The lowest BCUT2D eigenvalue weighted by Crippen LogP contribution is -2.43. The van der Waals surface area contributed by atoms with Gasteiger partial charge in [-0.05, 0) is 50.4 Å². The van der Waals surface area contributed by atoms with Crippen LogP contribution in [0, 0.1) is 5.92 Å². The second-order valence-electron chi connectivity index (χ2n) is 5.37. The quantitative estimate of drug-likeness (QED) is 0.786. The van der Waals surface area contributed by atoms with Gasteiger partial charge in [-0.3, -0.25) is 4.79 Å². The Balaban J connectivity index is 0.00000220. The van der Waals surface area contributed by atoms with E-state index in [1.54, 1.807) is 0 Å².